The first-order chi connectivity index (χ1) is 16.5. The average Bonchev–Trinajstić information content (AvgIpc) is 3.11. The van der Waals surface area contributed by atoms with Crippen molar-refractivity contribution in [1.82, 2.24) is 4.90 Å². The van der Waals surface area contributed by atoms with Gasteiger partial charge < -0.3 is 9.47 Å². The number of nitrogens with zero attached hydrogens (tertiary/aromatic N) is 2. The Kier molecular flexibility index (Phi) is 8.16. The van der Waals surface area contributed by atoms with Crippen molar-refractivity contribution in [2.45, 2.75) is 38.7 Å². The Morgan fingerprint density at radius 3 is 2.71 bits per heavy atom. The van der Waals surface area contributed by atoms with E-state index in [9.17, 15) is 14.9 Å². The van der Waals surface area contributed by atoms with Gasteiger partial charge in [-0.15, -0.1) is 0 Å². The highest BCUT2D eigenvalue weighted by Crippen LogP contribution is 2.38. The molecule has 2 aliphatic rings. The summed E-state index contributed by atoms with van der Waals surface area (Å²) in [5, 5.41) is 9.10. The van der Waals surface area contributed by atoms with Gasteiger partial charge in [0.25, 0.3) is 11.1 Å². The number of nitriles is 1. The minimum atomic E-state index is -0.219. The second-order valence-electron chi connectivity index (χ2n) is 8.39. The van der Waals surface area contributed by atoms with Crippen LogP contribution in [0.25, 0.3) is 6.08 Å². The van der Waals surface area contributed by atoms with Gasteiger partial charge in [0.1, 0.15) is 6.61 Å². The first-order valence-electron chi connectivity index (χ1n) is 11.2. The molecule has 0 spiro atoms. The molecular formula is C26H25IN2O4S. The van der Waals surface area contributed by atoms with Crippen LogP contribution < -0.4 is 9.47 Å². The second-order valence-corrected chi connectivity index (χ2v) is 10.5. The maximum atomic E-state index is 13.0. The molecule has 0 bridgehead atoms. The summed E-state index contributed by atoms with van der Waals surface area (Å²) in [6.07, 6.45) is 7.48. The lowest BCUT2D eigenvalue weighted by molar-refractivity contribution is -0.123. The molecule has 176 valence electrons. The Bertz CT molecular complexity index is 1170. The lowest BCUT2D eigenvalue weighted by Crippen LogP contribution is -2.34. The van der Waals surface area contributed by atoms with Crippen molar-refractivity contribution in [2.24, 2.45) is 5.92 Å². The van der Waals surface area contributed by atoms with Crippen LogP contribution in [0, 0.1) is 20.8 Å². The summed E-state index contributed by atoms with van der Waals surface area (Å²) < 4.78 is 12.4. The first kappa shape index (κ1) is 24.6. The molecule has 4 rings (SSSR count). The van der Waals surface area contributed by atoms with Crippen LogP contribution in [0.5, 0.6) is 11.5 Å². The van der Waals surface area contributed by atoms with Gasteiger partial charge in [0.05, 0.1) is 27.2 Å². The number of ether oxygens (including phenoxy) is 2. The maximum Gasteiger partial charge on any atom is 0.293 e. The molecule has 1 saturated heterocycles. The quantitative estimate of drug-likeness (QED) is 0.277. The normalized spacial score (nSPS) is 17.8. The molecule has 0 atom stereocenters. The molecule has 1 aliphatic heterocycles. The zero-order valence-corrected chi connectivity index (χ0v) is 21.9. The number of halogens is 1. The third kappa shape index (κ3) is 5.58. The largest absolute Gasteiger partial charge is 0.493 e. The number of methoxy groups -OCH3 is 1. The number of thioether (sulfide) groups is 1. The van der Waals surface area contributed by atoms with E-state index in [1.54, 1.807) is 25.3 Å². The Labute approximate surface area is 217 Å². The zero-order chi connectivity index (χ0) is 24.1. The van der Waals surface area contributed by atoms with E-state index in [0.717, 1.165) is 39.3 Å². The summed E-state index contributed by atoms with van der Waals surface area (Å²) in [5.74, 6) is 1.28. The summed E-state index contributed by atoms with van der Waals surface area (Å²) in [7, 11) is 1.56. The number of amides is 2. The van der Waals surface area contributed by atoms with Crippen LogP contribution >= 0.6 is 34.4 Å². The summed E-state index contributed by atoms with van der Waals surface area (Å²) in [5.41, 5.74) is 2.12. The van der Waals surface area contributed by atoms with Gasteiger partial charge in [-0.2, -0.15) is 5.26 Å². The van der Waals surface area contributed by atoms with E-state index in [1.165, 1.54) is 24.2 Å². The van der Waals surface area contributed by atoms with E-state index in [1.807, 2.05) is 24.3 Å². The van der Waals surface area contributed by atoms with Gasteiger partial charge in [-0.1, -0.05) is 37.5 Å². The van der Waals surface area contributed by atoms with Gasteiger partial charge in [-0.25, -0.2) is 0 Å². The predicted octanol–water partition coefficient (Wildman–Crippen LogP) is 6.37. The van der Waals surface area contributed by atoms with Gasteiger partial charge in [0.2, 0.25) is 0 Å². The van der Waals surface area contributed by atoms with Crippen molar-refractivity contribution in [1.29, 1.82) is 5.26 Å². The van der Waals surface area contributed by atoms with Crippen molar-refractivity contribution < 1.29 is 19.1 Å². The number of benzene rings is 2. The number of hydrogen-bond acceptors (Lipinski definition) is 6. The molecule has 1 saturated carbocycles. The molecule has 34 heavy (non-hydrogen) atoms. The molecule has 0 radical (unpaired) electrons. The van der Waals surface area contributed by atoms with Crippen molar-refractivity contribution in [2.75, 3.05) is 13.7 Å². The predicted molar refractivity (Wildman–Crippen MR) is 140 cm³/mol. The second kappa shape index (κ2) is 11.3. The minimum Gasteiger partial charge on any atom is -0.493 e. The van der Waals surface area contributed by atoms with Crippen LogP contribution in [-0.4, -0.2) is 29.7 Å². The molecule has 0 N–H and O–H groups in total. The molecular weight excluding hydrogens is 563 g/mol. The molecule has 0 aromatic heterocycles. The number of imide groups is 1. The van der Waals surface area contributed by atoms with E-state index >= 15 is 0 Å². The number of carbonyl (C=O) groups is 2. The van der Waals surface area contributed by atoms with Crippen molar-refractivity contribution in [3.8, 4) is 17.6 Å². The Hall–Kier alpha value is -2.51. The topological polar surface area (TPSA) is 79.6 Å². The Balaban J connectivity index is 1.51. The van der Waals surface area contributed by atoms with Crippen molar-refractivity contribution >= 4 is 51.6 Å². The fourth-order valence-electron chi connectivity index (χ4n) is 4.31. The minimum absolute atomic E-state index is 0.195. The lowest BCUT2D eigenvalue weighted by Gasteiger charge is -2.25. The van der Waals surface area contributed by atoms with Gasteiger partial charge in [-0.05, 0) is 83.0 Å². The van der Waals surface area contributed by atoms with Gasteiger partial charge >= 0.3 is 0 Å². The molecule has 6 nitrogen and oxygen atoms in total. The molecule has 8 heteroatoms. The Morgan fingerprint density at radius 1 is 1.21 bits per heavy atom. The van der Waals surface area contributed by atoms with Crippen LogP contribution in [0.4, 0.5) is 4.79 Å². The van der Waals surface area contributed by atoms with Crippen molar-refractivity contribution in [3.63, 3.8) is 0 Å². The van der Waals surface area contributed by atoms with E-state index < -0.39 is 0 Å². The monoisotopic (exact) mass is 588 g/mol. The lowest BCUT2D eigenvalue weighted by atomic mass is 9.89. The van der Waals surface area contributed by atoms with Crippen LogP contribution in [-0.2, 0) is 11.4 Å². The smallest absolute Gasteiger partial charge is 0.293 e. The van der Waals surface area contributed by atoms with E-state index in [-0.39, 0.29) is 17.8 Å². The fraction of sp³-hybridized carbons (Fsp3) is 0.346. The number of carbonyl (C=O) groups excluding carboxylic acids is 2. The summed E-state index contributed by atoms with van der Waals surface area (Å²) in [6, 6.07) is 13.2. The Morgan fingerprint density at radius 2 is 1.97 bits per heavy atom. The molecule has 2 aromatic rings. The highest BCUT2D eigenvalue weighted by molar-refractivity contribution is 14.1. The third-order valence-electron chi connectivity index (χ3n) is 6.10. The maximum absolute atomic E-state index is 13.0. The van der Waals surface area contributed by atoms with Gasteiger partial charge in [-0.3, -0.25) is 14.5 Å². The molecule has 2 amide bonds. The van der Waals surface area contributed by atoms with E-state index in [4.69, 9.17) is 9.47 Å². The van der Waals surface area contributed by atoms with Crippen molar-refractivity contribution in [3.05, 3.63) is 61.6 Å². The first-order valence-corrected chi connectivity index (χ1v) is 13.1. The average molecular weight is 588 g/mol. The highest BCUT2D eigenvalue weighted by atomic mass is 127. The molecule has 1 aliphatic carbocycles. The standard InChI is InChI=1S/C26H25IN2O4S/c1-32-22-12-18(11-21(27)24(22)33-16-20-10-6-5-9-19(20)14-28)13-23-25(30)29(26(31)34-23)15-17-7-3-2-4-8-17/h5-6,9-13,17H,2-4,7-8,15-16H2,1H3/b23-13+. The van der Waals surface area contributed by atoms with Gasteiger partial charge in [0.15, 0.2) is 11.5 Å². The number of rotatable bonds is 7. The summed E-state index contributed by atoms with van der Waals surface area (Å²) >= 11 is 3.16. The zero-order valence-electron chi connectivity index (χ0n) is 18.9. The van der Waals surface area contributed by atoms with Crippen LogP contribution in [0.15, 0.2) is 41.3 Å². The van der Waals surface area contributed by atoms with Crippen LogP contribution in [0.1, 0.15) is 48.8 Å². The van der Waals surface area contributed by atoms with Gasteiger partial charge in [0, 0.05) is 12.1 Å². The highest BCUT2D eigenvalue weighted by Gasteiger charge is 2.36. The summed E-state index contributed by atoms with van der Waals surface area (Å²) in [6.45, 7) is 0.745. The van der Waals surface area contributed by atoms with E-state index in [2.05, 4.69) is 28.7 Å². The molecule has 1 heterocycles. The number of hydrogen-bond donors (Lipinski definition) is 0. The fourth-order valence-corrected chi connectivity index (χ4v) is 5.93. The van der Waals surface area contributed by atoms with E-state index in [0.29, 0.717) is 34.4 Å². The SMILES string of the molecule is COc1cc(/C=C2/SC(=O)N(CC3CCCCC3)C2=O)cc(I)c1OCc1ccccc1C#N. The van der Waals surface area contributed by atoms with Crippen LogP contribution in [0.2, 0.25) is 0 Å². The summed E-state index contributed by atoms with van der Waals surface area (Å²) in [4.78, 5) is 27.3. The molecule has 0 unspecified atom stereocenters. The van der Waals surface area contributed by atoms with Crippen LogP contribution in [0.3, 0.4) is 0 Å². The third-order valence-corrected chi connectivity index (χ3v) is 7.81. The molecule has 2 fully saturated rings. The molecule has 2 aromatic carbocycles.